The van der Waals surface area contributed by atoms with Crippen molar-refractivity contribution < 1.29 is 8.42 Å². The van der Waals surface area contributed by atoms with Crippen molar-refractivity contribution in [2.75, 3.05) is 25.0 Å². The molecule has 0 bridgehead atoms. The van der Waals surface area contributed by atoms with Crippen LogP contribution in [-0.2, 0) is 16.8 Å². The summed E-state index contributed by atoms with van der Waals surface area (Å²) in [6.45, 7) is 4.60. The number of piperidine rings is 1. The maximum atomic E-state index is 11.3. The average Bonchev–Trinajstić information content (AvgIpc) is 2.96. The van der Waals surface area contributed by atoms with Crippen molar-refractivity contribution in [3.63, 3.8) is 0 Å². The summed E-state index contributed by atoms with van der Waals surface area (Å²) in [5.74, 6) is 0.428. The van der Waals surface area contributed by atoms with E-state index in [0.29, 0.717) is 19.0 Å². The van der Waals surface area contributed by atoms with E-state index in [1.165, 1.54) is 4.31 Å². The van der Waals surface area contributed by atoms with Crippen molar-refractivity contribution in [1.29, 1.82) is 0 Å². The van der Waals surface area contributed by atoms with Crippen LogP contribution in [0.25, 0.3) is 11.0 Å². The summed E-state index contributed by atoms with van der Waals surface area (Å²) >= 11 is 0. The molecule has 8 nitrogen and oxygen atoms in total. The van der Waals surface area contributed by atoms with Gasteiger partial charge in [-0.25, -0.2) is 14.8 Å². The second-order valence-electron chi connectivity index (χ2n) is 5.82. The normalized spacial score (nSPS) is 16.9. The fourth-order valence-electron chi connectivity index (χ4n) is 2.98. The van der Waals surface area contributed by atoms with Gasteiger partial charge in [-0.2, -0.15) is 17.8 Å². The Morgan fingerprint density at radius 3 is 2.71 bits per heavy atom. The molecule has 134 valence electrons. The smallest absolute Gasteiger partial charge is 0.276 e. The molecule has 1 aliphatic heterocycles. The van der Waals surface area contributed by atoms with E-state index < -0.39 is 10.2 Å². The van der Waals surface area contributed by atoms with Crippen molar-refractivity contribution >= 4 is 39.3 Å². The number of aromatic nitrogens is 3. The number of rotatable bonds is 5. The molecule has 1 fully saturated rings. The molecule has 3 N–H and O–H groups in total. The predicted octanol–water partition coefficient (Wildman–Crippen LogP) is 1.20. The number of halogens is 1. The monoisotopic (exact) mass is 374 g/mol. The zero-order chi connectivity index (χ0) is 16.4. The molecular weight excluding hydrogens is 352 g/mol. The summed E-state index contributed by atoms with van der Waals surface area (Å²) in [6.07, 6.45) is 5.23. The third kappa shape index (κ3) is 3.97. The van der Waals surface area contributed by atoms with Crippen LogP contribution in [0.15, 0.2) is 18.5 Å². The zero-order valence-corrected chi connectivity index (χ0v) is 15.2. The SMILES string of the molecule is CCn1ncc2c(NCC3CCN(S(N)(=O)=O)CC3)ccnc21.Cl. The van der Waals surface area contributed by atoms with Gasteiger partial charge in [-0.3, -0.25) is 0 Å². The summed E-state index contributed by atoms with van der Waals surface area (Å²) in [6, 6.07) is 1.95. The number of fused-ring (bicyclic) bond motifs is 1. The van der Waals surface area contributed by atoms with Crippen LogP contribution in [0.4, 0.5) is 5.69 Å². The number of hydrogen-bond donors (Lipinski definition) is 2. The maximum absolute atomic E-state index is 11.3. The van der Waals surface area contributed by atoms with Crippen LogP contribution in [0.1, 0.15) is 19.8 Å². The van der Waals surface area contributed by atoms with Crippen molar-refractivity contribution in [2.45, 2.75) is 26.3 Å². The largest absolute Gasteiger partial charge is 0.384 e. The highest BCUT2D eigenvalue weighted by Crippen LogP contribution is 2.23. The Balaban J connectivity index is 0.00000208. The highest BCUT2D eigenvalue weighted by atomic mass is 35.5. The molecule has 3 rings (SSSR count). The predicted molar refractivity (Wildman–Crippen MR) is 96.3 cm³/mol. The Morgan fingerprint density at radius 2 is 2.08 bits per heavy atom. The number of nitrogens with two attached hydrogens (primary N) is 1. The minimum absolute atomic E-state index is 0. The first-order valence-electron chi connectivity index (χ1n) is 7.81. The summed E-state index contributed by atoms with van der Waals surface area (Å²) < 4.78 is 25.9. The zero-order valence-electron chi connectivity index (χ0n) is 13.6. The van der Waals surface area contributed by atoms with Crippen LogP contribution in [0.5, 0.6) is 0 Å². The lowest BCUT2D eigenvalue weighted by Crippen LogP contribution is -2.43. The number of hydrogen-bond acceptors (Lipinski definition) is 5. The standard InChI is InChI=1S/C14H22N6O2S.ClH/c1-2-20-14-12(10-18-20)13(3-6-16-14)17-9-11-4-7-19(8-5-11)23(15,21)22;/h3,6,10-11H,2,4-5,7-9H2,1H3,(H,16,17)(H2,15,21,22);1H. The molecule has 2 aromatic heterocycles. The van der Waals surface area contributed by atoms with Crippen LogP contribution in [-0.4, -0.2) is 47.1 Å². The van der Waals surface area contributed by atoms with E-state index in [1.54, 1.807) is 6.20 Å². The van der Waals surface area contributed by atoms with Crippen LogP contribution in [0.3, 0.4) is 0 Å². The molecule has 0 aliphatic carbocycles. The van der Waals surface area contributed by atoms with Gasteiger partial charge in [-0.1, -0.05) is 0 Å². The first-order valence-corrected chi connectivity index (χ1v) is 9.31. The third-order valence-electron chi connectivity index (χ3n) is 4.35. The number of pyridine rings is 1. The Morgan fingerprint density at radius 1 is 1.38 bits per heavy atom. The van der Waals surface area contributed by atoms with Gasteiger partial charge in [-0.15, -0.1) is 12.4 Å². The van der Waals surface area contributed by atoms with Crippen LogP contribution in [0, 0.1) is 5.92 Å². The fourth-order valence-corrected chi connectivity index (χ4v) is 3.70. The number of nitrogens with one attached hydrogen (secondary N) is 1. The molecule has 1 aliphatic rings. The molecule has 0 saturated carbocycles. The highest BCUT2D eigenvalue weighted by molar-refractivity contribution is 7.86. The Bertz CT molecular complexity index is 786. The molecule has 2 aromatic rings. The van der Waals surface area contributed by atoms with Crippen molar-refractivity contribution in [1.82, 2.24) is 19.1 Å². The molecule has 1 saturated heterocycles. The lowest BCUT2D eigenvalue weighted by Gasteiger charge is -2.30. The van der Waals surface area contributed by atoms with E-state index in [-0.39, 0.29) is 12.4 Å². The van der Waals surface area contributed by atoms with Gasteiger partial charge < -0.3 is 5.32 Å². The lowest BCUT2D eigenvalue weighted by molar-refractivity contribution is 0.282. The van der Waals surface area contributed by atoms with Gasteiger partial charge in [0.05, 0.1) is 11.6 Å². The fraction of sp³-hybridized carbons (Fsp3) is 0.571. The van der Waals surface area contributed by atoms with E-state index >= 15 is 0 Å². The van der Waals surface area contributed by atoms with Crippen molar-refractivity contribution in [3.05, 3.63) is 18.5 Å². The number of nitrogens with zero attached hydrogens (tertiary/aromatic N) is 4. The van der Waals surface area contributed by atoms with E-state index in [4.69, 9.17) is 5.14 Å². The maximum Gasteiger partial charge on any atom is 0.276 e. The molecule has 0 spiro atoms. The summed E-state index contributed by atoms with van der Waals surface area (Å²) in [4.78, 5) is 4.38. The second kappa shape index (κ2) is 7.64. The Hall–Kier alpha value is -1.42. The van der Waals surface area contributed by atoms with Gasteiger partial charge >= 0.3 is 0 Å². The van der Waals surface area contributed by atoms with Gasteiger partial charge in [0, 0.05) is 38.1 Å². The highest BCUT2D eigenvalue weighted by Gasteiger charge is 2.25. The molecular formula is C14H23ClN6O2S. The molecule has 24 heavy (non-hydrogen) atoms. The number of aryl methyl sites for hydroxylation is 1. The molecule has 0 radical (unpaired) electrons. The Kier molecular flexibility index (Phi) is 6.02. The van der Waals surface area contributed by atoms with Crippen molar-refractivity contribution in [2.24, 2.45) is 11.1 Å². The first-order chi connectivity index (χ1) is 11.0. The Labute approximate surface area is 148 Å². The van der Waals surface area contributed by atoms with Crippen LogP contribution < -0.4 is 10.5 Å². The van der Waals surface area contributed by atoms with E-state index in [2.05, 4.69) is 15.4 Å². The average molecular weight is 375 g/mol. The second-order valence-corrected chi connectivity index (χ2v) is 7.37. The first kappa shape index (κ1) is 18.9. The van der Waals surface area contributed by atoms with Gasteiger partial charge in [0.25, 0.3) is 10.2 Å². The lowest BCUT2D eigenvalue weighted by atomic mass is 9.98. The van der Waals surface area contributed by atoms with Gasteiger partial charge in [0.15, 0.2) is 5.65 Å². The summed E-state index contributed by atoms with van der Waals surface area (Å²) in [7, 11) is -3.55. The molecule has 0 aromatic carbocycles. The minimum atomic E-state index is -3.55. The quantitative estimate of drug-likeness (QED) is 0.817. The van der Waals surface area contributed by atoms with Crippen LogP contribution in [0.2, 0.25) is 0 Å². The molecule has 0 atom stereocenters. The van der Waals surface area contributed by atoms with Gasteiger partial charge in [0.1, 0.15) is 0 Å². The summed E-state index contributed by atoms with van der Waals surface area (Å²) in [5.41, 5.74) is 1.89. The van der Waals surface area contributed by atoms with Crippen LogP contribution >= 0.6 is 12.4 Å². The molecule has 0 unspecified atom stereocenters. The third-order valence-corrected chi connectivity index (χ3v) is 5.44. The van der Waals surface area contributed by atoms with E-state index in [0.717, 1.165) is 42.7 Å². The molecule has 0 amide bonds. The van der Waals surface area contributed by atoms with Crippen molar-refractivity contribution in [3.8, 4) is 0 Å². The van der Waals surface area contributed by atoms with E-state index in [1.807, 2.05) is 23.9 Å². The topological polar surface area (TPSA) is 106 Å². The summed E-state index contributed by atoms with van der Waals surface area (Å²) in [5, 5.41) is 14.0. The number of anilines is 1. The molecule has 3 heterocycles. The van der Waals surface area contributed by atoms with Gasteiger partial charge in [0.2, 0.25) is 0 Å². The van der Waals surface area contributed by atoms with E-state index in [9.17, 15) is 8.42 Å². The molecule has 10 heteroatoms. The van der Waals surface area contributed by atoms with Gasteiger partial charge in [-0.05, 0) is 31.7 Å². The minimum Gasteiger partial charge on any atom is -0.384 e.